The first-order valence-corrected chi connectivity index (χ1v) is 8.59. The van der Waals surface area contributed by atoms with Crippen molar-refractivity contribution in [3.05, 3.63) is 28.8 Å². The highest BCUT2D eigenvalue weighted by Crippen LogP contribution is 2.27. The van der Waals surface area contributed by atoms with Crippen molar-refractivity contribution in [1.82, 2.24) is 9.80 Å². The van der Waals surface area contributed by atoms with Crippen molar-refractivity contribution >= 4 is 5.78 Å². The molecule has 1 atom stereocenters. The molecule has 0 aliphatic carbocycles. The molecule has 0 unspecified atom stereocenters. The van der Waals surface area contributed by atoms with Crippen LogP contribution in [0.3, 0.4) is 0 Å². The van der Waals surface area contributed by atoms with Gasteiger partial charge in [-0.15, -0.1) is 0 Å². The normalized spacial score (nSPS) is 19.3. The maximum Gasteiger partial charge on any atom is 0.167 e. The molecule has 1 aliphatic rings. The van der Waals surface area contributed by atoms with Crippen LogP contribution in [0.5, 0.6) is 5.75 Å². The molecule has 1 aromatic rings. The zero-order chi connectivity index (χ0) is 17.0. The number of carbonyl (C=O) groups is 1. The van der Waals surface area contributed by atoms with Gasteiger partial charge in [0.2, 0.25) is 0 Å². The predicted molar refractivity (Wildman–Crippen MR) is 94.0 cm³/mol. The predicted octanol–water partition coefficient (Wildman–Crippen LogP) is 3.07. The molecular weight excluding hydrogens is 288 g/mol. The Kier molecular flexibility index (Phi) is 6.19. The van der Waals surface area contributed by atoms with Crippen molar-refractivity contribution in [3.63, 3.8) is 0 Å². The first-order chi connectivity index (χ1) is 10.9. The number of likely N-dealkylation sites (tertiary alicyclic amines) is 1. The first kappa shape index (κ1) is 18.0. The minimum Gasteiger partial charge on any atom is -0.507 e. The van der Waals surface area contributed by atoms with E-state index in [0.29, 0.717) is 18.5 Å². The molecule has 1 saturated heterocycles. The van der Waals surface area contributed by atoms with Crippen LogP contribution in [0.15, 0.2) is 12.1 Å². The number of aromatic hydroxyl groups is 1. The monoisotopic (exact) mass is 318 g/mol. The molecule has 1 fully saturated rings. The molecule has 0 bridgehead atoms. The van der Waals surface area contributed by atoms with E-state index < -0.39 is 0 Å². The second-order valence-corrected chi connectivity index (χ2v) is 7.27. The topological polar surface area (TPSA) is 43.8 Å². The maximum atomic E-state index is 12.4. The Morgan fingerprint density at radius 2 is 2.13 bits per heavy atom. The van der Waals surface area contributed by atoms with Crippen LogP contribution >= 0.6 is 0 Å². The highest BCUT2D eigenvalue weighted by Gasteiger charge is 2.19. The molecular formula is C19H30N2O2. The first-order valence-electron chi connectivity index (χ1n) is 8.59. The molecule has 0 radical (unpaired) electrons. The summed E-state index contributed by atoms with van der Waals surface area (Å²) in [4.78, 5) is 16.9. The molecule has 0 aromatic heterocycles. The molecule has 0 amide bonds. The van der Waals surface area contributed by atoms with E-state index in [-0.39, 0.29) is 11.5 Å². The van der Waals surface area contributed by atoms with Gasteiger partial charge in [0, 0.05) is 26.1 Å². The number of piperidine rings is 1. The summed E-state index contributed by atoms with van der Waals surface area (Å²) in [7, 11) is 3.90. The van der Waals surface area contributed by atoms with E-state index in [1.165, 1.54) is 12.8 Å². The summed E-state index contributed by atoms with van der Waals surface area (Å²) >= 11 is 0. The van der Waals surface area contributed by atoms with Gasteiger partial charge in [0.05, 0.1) is 5.56 Å². The van der Waals surface area contributed by atoms with Gasteiger partial charge >= 0.3 is 0 Å². The summed E-state index contributed by atoms with van der Waals surface area (Å²) in [5.74, 6) is 0.904. The molecule has 1 aliphatic heterocycles. The van der Waals surface area contributed by atoms with Gasteiger partial charge in [0.15, 0.2) is 5.78 Å². The minimum atomic E-state index is 0.0214. The Hall–Kier alpha value is -1.39. The number of phenolic OH excluding ortho intramolecular Hbond substituents is 1. The summed E-state index contributed by atoms with van der Waals surface area (Å²) < 4.78 is 0. The van der Waals surface area contributed by atoms with E-state index in [1.54, 1.807) is 0 Å². The van der Waals surface area contributed by atoms with Crippen molar-refractivity contribution < 1.29 is 9.90 Å². The fourth-order valence-corrected chi connectivity index (χ4v) is 3.31. The quantitative estimate of drug-likeness (QED) is 0.819. The van der Waals surface area contributed by atoms with Crippen LogP contribution in [0.4, 0.5) is 0 Å². The number of hydrogen-bond acceptors (Lipinski definition) is 4. The second-order valence-electron chi connectivity index (χ2n) is 7.27. The van der Waals surface area contributed by atoms with E-state index in [1.807, 2.05) is 38.1 Å². The van der Waals surface area contributed by atoms with Crippen LogP contribution in [0.2, 0.25) is 0 Å². The lowest BCUT2D eigenvalue weighted by molar-refractivity contribution is 0.0969. The Bertz CT molecular complexity index is 555. The Morgan fingerprint density at radius 1 is 1.39 bits per heavy atom. The standard InChI is InChI=1S/C19H30N2O2/c1-14-6-5-8-21(12-14)13-16-10-15(2)19(23)17(11-16)18(22)7-9-20(3)4/h10-11,14,23H,5-9,12-13H2,1-4H3/t14-/m0/s1. The van der Waals surface area contributed by atoms with Gasteiger partial charge in [-0.05, 0) is 63.5 Å². The zero-order valence-electron chi connectivity index (χ0n) is 14.9. The number of nitrogens with zero attached hydrogens (tertiary/aromatic N) is 2. The number of carbonyl (C=O) groups excluding carboxylic acids is 1. The third kappa shape index (κ3) is 5.05. The molecule has 0 spiro atoms. The molecule has 4 heteroatoms. The molecule has 1 heterocycles. The van der Waals surface area contributed by atoms with Crippen LogP contribution in [-0.4, -0.2) is 54.4 Å². The van der Waals surface area contributed by atoms with Gasteiger partial charge in [-0.2, -0.15) is 0 Å². The van der Waals surface area contributed by atoms with Gasteiger partial charge in [0.1, 0.15) is 5.75 Å². The molecule has 4 nitrogen and oxygen atoms in total. The SMILES string of the molecule is Cc1cc(CN2CCC[C@H](C)C2)cc(C(=O)CCN(C)C)c1O. The van der Waals surface area contributed by atoms with Gasteiger partial charge in [0.25, 0.3) is 0 Å². The van der Waals surface area contributed by atoms with Crippen LogP contribution in [0, 0.1) is 12.8 Å². The molecule has 23 heavy (non-hydrogen) atoms. The molecule has 1 aromatic carbocycles. The van der Waals surface area contributed by atoms with E-state index in [4.69, 9.17) is 0 Å². The van der Waals surface area contributed by atoms with E-state index in [2.05, 4.69) is 11.8 Å². The third-order valence-electron chi connectivity index (χ3n) is 4.59. The van der Waals surface area contributed by atoms with Crippen LogP contribution in [0.1, 0.15) is 47.7 Å². The van der Waals surface area contributed by atoms with Crippen LogP contribution < -0.4 is 0 Å². The summed E-state index contributed by atoms with van der Waals surface area (Å²) in [6.07, 6.45) is 2.98. The number of hydrogen-bond donors (Lipinski definition) is 1. The lowest BCUT2D eigenvalue weighted by atomic mass is 9.97. The van der Waals surface area contributed by atoms with Crippen LogP contribution in [-0.2, 0) is 6.54 Å². The van der Waals surface area contributed by atoms with Crippen molar-refractivity contribution in [2.24, 2.45) is 5.92 Å². The average Bonchev–Trinajstić information content (AvgIpc) is 2.48. The summed E-state index contributed by atoms with van der Waals surface area (Å²) in [6, 6.07) is 3.90. The minimum absolute atomic E-state index is 0.0214. The summed E-state index contributed by atoms with van der Waals surface area (Å²) in [5, 5.41) is 10.3. The number of phenols is 1. The molecule has 2 rings (SSSR count). The Balaban J connectivity index is 2.13. The lowest BCUT2D eigenvalue weighted by Crippen LogP contribution is -2.33. The largest absolute Gasteiger partial charge is 0.507 e. The third-order valence-corrected chi connectivity index (χ3v) is 4.59. The molecule has 128 valence electrons. The van der Waals surface area contributed by atoms with Gasteiger partial charge in [-0.25, -0.2) is 0 Å². The number of aryl methyl sites for hydroxylation is 1. The second kappa shape index (κ2) is 7.93. The van der Waals surface area contributed by atoms with Crippen molar-refractivity contribution in [3.8, 4) is 5.75 Å². The van der Waals surface area contributed by atoms with Crippen molar-refractivity contribution in [1.29, 1.82) is 0 Å². The highest BCUT2D eigenvalue weighted by atomic mass is 16.3. The fourth-order valence-electron chi connectivity index (χ4n) is 3.31. The number of Topliss-reactive ketones (excluding diaryl/α,β-unsaturated/α-hetero) is 1. The van der Waals surface area contributed by atoms with Gasteiger partial charge in [-0.1, -0.05) is 13.0 Å². The van der Waals surface area contributed by atoms with Crippen molar-refractivity contribution in [2.75, 3.05) is 33.7 Å². The summed E-state index contributed by atoms with van der Waals surface area (Å²) in [6.45, 7) is 7.97. The van der Waals surface area contributed by atoms with E-state index in [9.17, 15) is 9.90 Å². The average molecular weight is 318 g/mol. The van der Waals surface area contributed by atoms with Crippen molar-refractivity contribution in [2.45, 2.75) is 39.7 Å². The highest BCUT2D eigenvalue weighted by molar-refractivity contribution is 5.99. The molecule has 1 N–H and O–H groups in total. The molecule has 0 saturated carbocycles. The van der Waals surface area contributed by atoms with Crippen LogP contribution in [0.25, 0.3) is 0 Å². The number of ketones is 1. The van der Waals surface area contributed by atoms with Gasteiger partial charge < -0.3 is 10.0 Å². The smallest absolute Gasteiger partial charge is 0.167 e. The Morgan fingerprint density at radius 3 is 2.78 bits per heavy atom. The maximum absolute atomic E-state index is 12.4. The summed E-state index contributed by atoms with van der Waals surface area (Å²) in [5.41, 5.74) is 2.40. The zero-order valence-corrected chi connectivity index (χ0v) is 14.9. The van der Waals surface area contributed by atoms with Gasteiger partial charge in [-0.3, -0.25) is 9.69 Å². The fraction of sp³-hybridized carbons (Fsp3) is 0.632. The lowest BCUT2D eigenvalue weighted by Gasteiger charge is -2.31. The number of rotatable bonds is 6. The Labute approximate surface area is 140 Å². The van der Waals surface area contributed by atoms with E-state index in [0.717, 1.165) is 36.7 Å². The van der Waals surface area contributed by atoms with E-state index >= 15 is 0 Å². The number of benzene rings is 1.